The van der Waals surface area contributed by atoms with E-state index in [0.717, 1.165) is 83.5 Å². The van der Waals surface area contributed by atoms with Crippen LogP contribution in [0, 0.1) is 0 Å². The summed E-state index contributed by atoms with van der Waals surface area (Å²) in [6.45, 7) is 4.83. The first kappa shape index (κ1) is 64.1. The molecule has 0 aliphatic heterocycles. The third kappa shape index (κ3) is 51.5. The van der Waals surface area contributed by atoms with E-state index in [-0.39, 0.29) is 18.5 Å². The molecule has 2 unspecified atom stereocenters. The summed E-state index contributed by atoms with van der Waals surface area (Å²) < 4.78 is 5.46. The molecule has 1 amide bonds. The summed E-state index contributed by atoms with van der Waals surface area (Å²) in [7, 11) is 0. The van der Waals surface area contributed by atoms with Gasteiger partial charge in [-0.3, -0.25) is 9.59 Å². The second-order valence-electron chi connectivity index (χ2n) is 20.0. The van der Waals surface area contributed by atoms with E-state index in [1.165, 1.54) is 199 Å². The van der Waals surface area contributed by atoms with Crippen molar-refractivity contribution in [1.29, 1.82) is 0 Å². The van der Waals surface area contributed by atoms with Crippen LogP contribution in [0.5, 0.6) is 0 Å². The first-order chi connectivity index (χ1) is 32.5. The molecule has 0 bridgehead atoms. The summed E-state index contributed by atoms with van der Waals surface area (Å²) in [5, 5.41) is 23.1. The van der Waals surface area contributed by atoms with Crippen LogP contribution in [0.15, 0.2) is 36.5 Å². The first-order valence-electron chi connectivity index (χ1n) is 29.3. The van der Waals surface area contributed by atoms with Crippen LogP contribution in [0.1, 0.15) is 309 Å². The summed E-state index contributed by atoms with van der Waals surface area (Å²) in [5.41, 5.74) is 0. The summed E-state index contributed by atoms with van der Waals surface area (Å²) in [6.07, 6.45) is 68.8. The van der Waals surface area contributed by atoms with E-state index in [0.29, 0.717) is 19.4 Å². The minimum absolute atomic E-state index is 0.0333. The van der Waals surface area contributed by atoms with E-state index < -0.39 is 12.1 Å². The van der Waals surface area contributed by atoms with Crippen molar-refractivity contribution < 1.29 is 24.5 Å². The molecule has 0 spiro atoms. The van der Waals surface area contributed by atoms with E-state index in [2.05, 4.69) is 43.5 Å². The Kier molecular flexibility index (Phi) is 54.1. The van der Waals surface area contributed by atoms with Crippen LogP contribution in [-0.4, -0.2) is 47.4 Å². The zero-order chi connectivity index (χ0) is 47.9. The first-order valence-corrected chi connectivity index (χ1v) is 29.3. The number of nitrogens with one attached hydrogen (secondary N) is 1. The van der Waals surface area contributed by atoms with Gasteiger partial charge in [0.15, 0.2) is 0 Å². The number of ether oxygens (including phenoxy) is 1. The molecule has 0 radical (unpaired) electrons. The molecule has 0 heterocycles. The van der Waals surface area contributed by atoms with Crippen LogP contribution in [-0.2, 0) is 14.3 Å². The maximum Gasteiger partial charge on any atom is 0.305 e. The summed E-state index contributed by atoms with van der Waals surface area (Å²) in [5.74, 6) is -0.129. The van der Waals surface area contributed by atoms with E-state index in [1.807, 2.05) is 6.08 Å². The van der Waals surface area contributed by atoms with E-state index >= 15 is 0 Å². The van der Waals surface area contributed by atoms with Crippen LogP contribution in [0.2, 0.25) is 0 Å². The molecule has 0 rings (SSSR count). The number of amides is 1. The smallest absolute Gasteiger partial charge is 0.305 e. The maximum absolute atomic E-state index is 12.5. The third-order valence-corrected chi connectivity index (χ3v) is 13.4. The monoisotopic (exact) mass is 928 g/mol. The average molecular weight is 929 g/mol. The van der Waals surface area contributed by atoms with Gasteiger partial charge in [-0.1, -0.05) is 249 Å². The Bertz CT molecular complexity index is 1070. The van der Waals surface area contributed by atoms with Gasteiger partial charge in [-0.2, -0.15) is 0 Å². The lowest BCUT2D eigenvalue weighted by Gasteiger charge is -2.20. The molecule has 2 atom stereocenters. The Morgan fingerprint density at radius 1 is 0.409 bits per heavy atom. The lowest BCUT2D eigenvalue weighted by molar-refractivity contribution is -0.143. The topological polar surface area (TPSA) is 95.9 Å². The zero-order valence-electron chi connectivity index (χ0n) is 44.2. The highest BCUT2D eigenvalue weighted by atomic mass is 16.5. The van der Waals surface area contributed by atoms with Gasteiger partial charge in [-0.15, -0.1) is 0 Å². The van der Waals surface area contributed by atoms with Crippen molar-refractivity contribution >= 4 is 11.9 Å². The quantitative estimate of drug-likeness (QED) is 0.0321. The van der Waals surface area contributed by atoms with E-state index in [4.69, 9.17) is 4.74 Å². The van der Waals surface area contributed by atoms with Crippen LogP contribution in [0.4, 0.5) is 0 Å². The number of carbonyl (C=O) groups excluding carboxylic acids is 2. The van der Waals surface area contributed by atoms with Gasteiger partial charge in [0.25, 0.3) is 0 Å². The lowest BCUT2D eigenvalue weighted by Crippen LogP contribution is -2.45. The van der Waals surface area contributed by atoms with Crippen molar-refractivity contribution in [3.63, 3.8) is 0 Å². The Labute approximate surface area is 411 Å². The number of hydrogen-bond donors (Lipinski definition) is 3. The average Bonchev–Trinajstić information content (AvgIpc) is 3.32. The number of allylic oxidation sites excluding steroid dienone is 5. The van der Waals surface area contributed by atoms with Crippen molar-refractivity contribution in [2.24, 2.45) is 0 Å². The standard InChI is InChI=1S/C60H113NO5/c1-3-5-7-9-11-13-15-17-19-21-23-25-27-29-32-36-40-44-48-52-58(63)57(56-62)61-59(64)53-49-45-41-37-33-31-35-39-43-47-51-55-66-60(65)54-50-46-42-38-34-30-28-26-24-22-20-18-16-14-12-10-8-6-4-2/h18,20,35,39,48,52,57-58,62-63H,3-17,19,21-34,36-38,40-47,49-51,53-56H2,1-2H3,(H,61,64)/b20-18-,39-35-,52-48+. The van der Waals surface area contributed by atoms with E-state index in [9.17, 15) is 19.8 Å². The second-order valence-corrected chi connectivity index (χ2v) is 20.0. The molecule has 0 fully saturated rings. The number of hydrogen-bond acceptors (Lipinski definition) is 5. The fourth-order valence-corrected chi connectivity index (χ4v) is 8.86. The van der Waals surface area contributed by atoms with Gasteiger partial charge in [-0.05, 0) is 83.5 Å². The van der Waals surface area contributed by atoms with Crippen molar-refractivity contribution in [1.82, 2.24) is 5.32 Å². The van der Waals surface area contributed by atoms with Crippen LogP contribution >= 0.6 is 0 Å². The molecule has 0 aromatic rings. The largest absolute Gasteiger partial charge is 0.466 e. The van der Waals surface area contributed by atoms with Gasteiger partial charge in [0.1, 0.15) is 0 Å². The third-order valence-electron chi connectivity index (χ3n) is 13.4. The minimum Gasteiger partial charge on any atom is -0.466 e. The van der Waals surface area contributed by atoms with E-state index in [1.54, 1.807) is 6.08 Å². The van der Waals surface area contributed by atoms with Crippen molar-refractivity contribution in [2.75, 3.05) is 13.2 Å². The molecular formula is C60H113NO5. The summed E-state index contributed by atoms with van der Waals surface area (Å²) in [4.78, 5) is 24.5. The number of aliphatic hydroxyl groups is 2. The fraction of sp³-hybridized carbons (Fsp3) is 0.867. The molecule has 66 heavy (non-hydrogen) atoms. The molecule has 6 nitrogen and oxygen atoms in total. The predicted molar refractivity (Wildman–Crippen MR) is 287 cm³/mol. The molecular weight excluding hydrogens is 815 g/mol. The van der Waals surface area contributed by atoms with Crippen molar-refractivity contribution in [3.05, 3.63) is 36.5 Å². The highest BCUT2D eigenvalue weighted by Crippen LogP contribution is 2.16. The SMILES string of the molecule is CCCCCCCC/C=C\CCCCCCCCCCCC(=O)OCCCC/C=C\CCCCCCCC(=O)NC(CO)C(O)/C=C/CCCCCCCCCCCCCCCCCCC. The van der Waals surface area contributed by atoms with Crippen molar-refractivity contribution in [3.8, 4) is 0 Å². The van der Waals surface area contributed by atoms with Gasteiger partial charge < -0.3 is 20.3 Å². The molecule has 388 valence electrons. The molecule has 0 saturated carbocycles. The predicted octanol–water partition coefficient (Wildman–Crippen LogP) is 18.0. The molecule has 0 aromatic heterocycles. The number of esters is 1. The molecule has 0 aromatic carbocycles. The van der Waals surface area contributed by atoms with Gasteiger partial charge >= 0.3 is 5.97 Å². The molecule has 0 aliphatic rings. The lowest BCUT2D eigenvalue weighted by atomic mass is 10.0. The molecule has 0 aliphatic carbocycles. The highest BCUT2D eigenvalue weighted by Gasteiger charge is 2.18. The normalized spacial score (nSPS) is 12.8. The number of carbonyl (C=O) groups is 2. The fourth-order valence-electron chi connectivity index (χ4n) is 8.86. The summed E-state index contributed by atoms with van der Waals surface area (Å²) >= 11 is 0. The number of unbranched alkanes of at least 4 members (excludes halogenated alkanes) is 39. The minimum atomic E-state index is -0.864. The van der Waals surface area contributed by atoms with Gasteiger partial charge in [0.05, 0.1) is 25.4 Å². The number of rotatable bonds is 54. The Hall–Kier alpha value is -1.92. The van der Waals surface area contributed by atoms with Crippen LogP contribution < -0.4 is 5.32 Å². The van der Waals surface area contributed by atoms with Gasteiger partial charge in [0, 0.05) is 12.8 Å². The second kappa shape index (κ2) is 55.7. The van der Waals surface area contributed by atoms with Crippen molar-refractivity contribution in [2.45, 2.75) is 321 Å². The number of aliphatic hydroxyl groups excluding tert-OH is 2. The maximum atomic E-state index is 12.5. The highest BCUT2D eigenvalue weighted by molar-refractivity contribution is 5.76. The Morgan fingerprint density at radius 3 is 1.08 bits per heavy atom. The molecule has 6 heteroatoms. The zero-order valence-corrected chi connectivity index (χ0v) is 44.2. The van der Waals surface area contributed by atoms with Crippen LogP contribution in [0.25, 0.3) is 0 Å². The van der Waals surface area contributed by atoms with Gasteiger partial charge in [-0.25, -0.2) is 0 Å². The Balaban J connectivity index is 3.53. The molecule has 0 saturated heterocycles. The molecule has 3 N–H and O–H groups in total. The Morgan fingerprint density at radius 2 is 0.712 bits per heavy atom. The van der Waals surface area contributed by atoms with Gasteiger partial charge in [0.2, 0.25) is 5.91 Å². The van der Waals surface area contributed by atoms with Crippen LogP contribution in [0.3, 0.4) is 0 Å². The summed E-state index contributed by atoms with van der Waals surface area (Å²) in [6, 6.07) is -0.650.